The van der Waals surface area contributed by atoms with Crippen LogP contribution in [0, 0.1) is 0 Å². The highest BCUT2D eigenvalue weighted by Crippen LogP contribution is 2.26. The fourth-order valence-corrected chi connectivity index (χ4v) is 4.43. The number of rotatable bonds is 19. The Morgan fingerprint density at radius 1 is 0.647 bits per heavy atom. The third-order valence-corrected chi connectivity index (χ3v) is 6.66. The molecule has 6 heteroatoms. The predicted octanol–water partition coefficient (Wildman–Crippen LogP) is 7.70. The Kier molecular flexibility index (Phi) is 13.7. The first-order valence-electron chi connectivity index (χ1n) is 12.9. The van der Waals surface area contributed by atoms with Crippen molar-refractivity contribution >= 4 is 10.1 Å². The zero-order valence-electron chi connectivity index (χ0n) is 20.7. The molecule has 0 radical (unpaired) electrons. The maximum Gasteiger partial charge on any atom is 0.264 e. The Balaban J connectivity index is 1.64. The first kappa shape index (κ1) is 28.2. The van der Waals surface area contributed by atoms with Gasteiger partial charge in [0.15, 0.2) is 0 Å². The van der Waals surface area contributed by atoms with E-state index in [4.69, 9.17) is 14.0 Å². The molecule has 1 N–H and O–H groups in total. The van der Waals surface area contributed by atoms with Crippen LogP contribution in [-0.2, 0) is 10.1 Å². The molecular formula is C28H42O5S. The molecule has 2 aromatic rings. The van der Waals surface area contributed by atoms with E-state index in [9.17, 15) is 8.42 Å². The monoisotopic (exact) mass is 490 g/mol. The van der Waals surface area contributed by atoms with Crippen molar-refractivity contribution in [1.82, 2.24) is 0 Å². The molecule has 0 aromatic heterocycles. The fraction of sp³-hybridized carbons (Fsp3) is 0.571. The molecule has 0 aliphatic heterocycles. The van der Waals surface area contributed by atoms with Gasteiger partial charge in [-0.1, -0.05) is 89.0 Å². The van der Waals surface area contributed by atoms with Crippen LogP contribution in [0.2, 0.25) is 0 Å². The minimum absolute atomic E-state index is 0.229. The van der Waals surface area contributed by atoms with Crippen molar-refractivity contribution in [2.24, 2.45) is 0 Å². The number of unbranched alkanes of at least 4 members (excludes halogenated alkanes) is 10. The molecule has 0 saturated carbocycles. The lowest BCUT2D eigenvalue weighted by molar-refractivity contribution is 0.304. The summed E-state index contributed by atoms with van der Waals surface area (Å²) in [5, 5.41) is 0. The van der Waals surface area contributed by atoms with Crippen LogP contribution in [0.4, 0.5) is 0 Å². The quantitative estimate of drug-likeness (QED) is 0.161. The van der Waals surface area contributed by atoms with Gasteiger partial charge < -0.3 is 9.47 Å². The Morgan fingerprint density at radius 2 is 1.21 bits per heavy atom. The molecule has 0 fully saturated rings. The van der Waals surface area contributed by atoms with Gasteiger partial charge >= 0.3 is 0 Å². The van der Waals surface area contributed by atoms with Gasteiger partial charge in [0.05, 0.1) is 19.0 Å². The van der Waals surface area contributed by atoms with Crippen molar-refractivity contribution in [3.05, 3.63) is 48.5 Å². The predicted molar refractivity (Wildman–Crippen MR) is 140 cm³/mol. The van der Waals surface area contributed by atoms with Gasteiger partial charge in [-0.05, 0) is 54.7 Å². The molecule has 0 spiro atoms. The normalized spacial score (nSPS) is 11.5. The Labute approximate surface area is 206 Å². The van der Waals surface area contributed by atoms with Crippen molar-refractivity contribution in [3.8, 4) is 22.6 Å². The van der Waals surface area contributed by atoms with Gasteiger partial charge in [0, 0.05) is 0 Å². The van der Waals surface area contributed by atoms with E-state index < -0.39 is 10.1 Å². The summed E-state index contributed by atoms with van der Waals surface area (Å²) in [7, 11) is -3.89. The van der Waals surface area contributed by atoms with Gasteiger partial charge in [-0.15, -0.1) is 0 Å². The first-order chi connectivity index (χ1) is 16.5. The van der Waals surface area contributed by atoms with Gasteiger partial charge in [0.1, 0.15) is 11.5 Å². The Bertz CT molecular complexity index is 893. The molecule has 0 atom stereocenters. The Hall–Kier alpha value is -2.05. The van der Waals surface area contributed by atoms with Crippen LogP contribution in [0.25, 0.3) is 11.1 Å². The highest BCUT2D eigenvalue weighted by molar-refractivity contribution is 7.85. The lowest BCUT2D eigenvalue weighted by atomic mass is 10.1. The van der Waals surface area contributed by atoms with Gasteiger partial charge in [0.2, 0.25) is 0 Å². The lowest BCUT2D eigenvalue weighted by Crippen LogP contribution is -2.06. The second-order valence-corrected chi connectivity index (χ2v) is 10.5. The highest BCUT2D eigenvalue weighted by Gasteiger charge is 2.04. The third kappa shape index (κ3) is 13.0. The number of hydrogen-bond donors (Lipinski definition) is 1. The van der Waals surface area contributed by atoms with Gasteiger partial charge in [-0.25, -0.2) is 0 Å². The van der Waals surface area contributed by atoms with E-state index in [0.717, 1.165) is 35.7 Å². The maximum absolute atomic E-state index is 10.7. The minimum atomic E-state index is -3.89. The van der Waals surface area contributed by atoms with Crippen molar-refractivity contribution < 1.29 is 22.4 Å². The number of ether oxygens (including phenoxy) is 2. The highest BCUT2D eigenvalue weighted by atomic mass is 32.2. The Morgan fingerprint density at radius 3 is 1.82 bits per heavy atom. The van der Waals surface area contributed by atoms with E-state index in [1.165, 1.54) is 57.8 Å². The van der Waals surface area contributed by atoms with Crippen molar-refractivity contribution in [2.45, 2.75) is 84.0 Å². The lowest BCUT2D eigenvalue weighted by Gasteiger charge is -2.10. The van der Waals surface area contributed by atoms with Crippen molar-refractivity contribution in [1.29, 1.82) is 0 Å². The molecule has 34 heavy (non-hydrogen) atoms. The van der Waals surface area contributed by atoms with Crippen LogP contribution in [0.1, 0.15) is 84.0 Å². The molecule has 5 nitrogen and oxygen atoms in total. The number of hydrogen-bond acceptors (Lipinski definition) is 4. The standard InChI is InChI=1S/C28H42O5S/c1-2-3-4-5-6-7-8-9-10-11-21-33-28-16-14-15-26(24-28)25-17-19-27(20-18-25)32-22-12-13-23-34(29,30)31/h14-20,24H,2-13,21-23H2,1H3,(H,29,30,31). The summed E-state index contributed by atoms with van der Waals surface area (Å²) in [6.45, 7) is 3.43. The van der Waals surface area contributed by atoms with Crippen LogP contribution in [-0.4, -0.2) is 31.9 Å². The van der Waals surface area contributed by atoms with E-state index in [-0.39, 0.29) is 5.75 Å². The molecule has 2 rings (SSSR count). The van der Waals surface area contributed by atoms with Crippen LogP contribution in [0.5, 0.6) is 11.5 Å². The fourth-order valence-electron chi connectivity index (χ4n) is 3.87. The summed E-state index contributed by atoms with van der Waals surface area (Å²) < 4.78 is 41.8. The molecule has 190 valence electrons. The molecule has 0 aliphatic rings. The summed E-state index contributed by atoms with van der Waals surface area (Å²) in [4.78, 5) is 0. The second kappa shape index (κ2) is 16.6. The maximum atomic E-state index is 10.7. The first-order valence-corrected chi connectivity index (χ1v) is 14.5. The average Bonchev–Trinajstić information content (AvgIpc) is 2.82. The molecule has 0 heterocycles. The minimum Gasteiger partial charge on any atom is -0.494 e. The van der Waals surface area contributed by atoms with E-state index in [1.54, 1.807) is 0 Å². The summed E-state index contributed by atoms with van der Waals surface area (Å²) >= 11 is 0. The SMILES string of the molecule is CCCCCCCCCCCCOc1cccc(-c2ccc(OCCCCS(=O)(=O)O)cc2)c1. The van der Waals surface area contributed by atoms with Gasteiger partial charge in [-0.3, -0.25) is 4.55 Å². The van der Waals surface area contributed by atoms with Crippen LogP contribution in [0.15, 0.2) is 48.5 Å². The molecule has 0 aliphatic carbocycles. The molecule has 0 saturated heterocycles. The molecule has 0 amide bonds. The molecule has 0 bridgehead atoms. The van der Waals surface area contributed by atoms with E-state index in [0.29, 0.717) is 19.4 Å². The van der Waals surface area contributed by atoms with Gasteiger partial charge in [-0.2, -0.15) is 8.42 Å². The summed E-state index contributed by atoms with van der Waals surface area (Å²) in [5.41, 5.74) is 2.18. The van der Waals surface area contributed by atoms with Crippen LogP contribution < -0.4 is 9.47 Å². The van der Waals surface area contributed by atoms with Crippen LogP contribution >= 0.6 is 0 Å². The number of benzene rings is 2. The molecule has 0 unspecified atom stereocenters. The summed E-state index contributed by atoms with van der Waals surface area (Å²) in [5.74, 6) is 1.41. The zero-order chi connectivity index (χ0) is 24.5. The average molecular weight is 491 g/mol. The van der Waals surface area contributed by atoms with E-state index >= 15 is 0 Å². The summed E-state index contributed by atoms with van der Waals surface area (Å²) in [6, 6.07) is 16.0. The summed E-state index contributed by atoms with van der Waals surface area (Å²) in [6.07, 6.45) is 14.1. The van der Waals surface area contributed by atoms with Crippen molar-refractivity contribution in [3.63, 3.8) is 0 Å². The molecular weight excluding hydrogens is 448 g/mol. The third-order valence-electron chi connectivity index (χ3n) is 5.85. The smallest absolute Gasteiger partial charge is 0.264 e. The van der Waals surface area contributed by atoms with Gasteiger partial charge in [0.25, 0.3) is 10.1 Å². The topological polar surface area (TPSA) is 72.8 Å². The largest absolute Gasteiger partial charge is 0.494 e. The van der Waals surface area contributed by atoms with Crippen LogP contribution in [0.3, 0.4) is 0 Å². The second-order valence-electron chi connectivity index (χ2n) is 8.92. The van der Waals surface area contributed by atoms with E-state index in [1.807, 2.05) is 36.4 Å². The molecule has 2 aromatic carbocycles. The van der Waals surface area contributed by atoms with Crippen molar-refractivity contribution in [2.75, 3.05) is 19.0 Å². The van der Waals surface area contributed by atoms with E-state index in [2.05, 4.69) is 19.1 Å². The zero-order valence-corrected chi connectivity index (χ0v) is 21.5.